The van der Waals surface area contributed by atoms with E-state index < -0.39 is 11.4 Å². The topological polar surface area (TPSA) is 66.4 Å². The van der Waals surface area contributed by atoms with Crippen LogP contribution in [-0.2, 0) is 9.59 Å². The average Bonchev–Trinajstić information content (AvgIpc) is 2.67. The summed E-state index contributed by atoms with van der Waals surface area (Å²) in [5.41, 5.74) is -0.796. The Balaban J connectivity index is 2.51. The molecule has 0 aromatic rings. The fourth-order valence-corrected chi connectivity index (χ4v) is 2.66. The Hall–Kier alpha value is -1.06. The van der Waals surface area contributed by atoms with Gasteiger partial charge < -0.3 is 10.4 Å². The SMILES string of the molecule is CCCC(C)NC(=O)CC1(C(=O)O)CCCC1. The van der Waals surface area contributed by atoms with Gasteiger partial charge in [-0.25, -0.2) is 0 Å². The Morgan fingerprint density at radius 1 is 1.35 bits per heavy atom. The van der Waals surface area contributed by atoms with Crippen LogP contribution in [0.4, 0.5) is 0 Å². The first-order valence-electron chi connectivity index (χ1n) is 6.53. The van der Waals surface area contributed by atoms with E-state index in [4.69, 9.17) is 0 Å². The zero-order valence-electron chi connectivity index (χ0n) is 10.8. The third-order valence-corrected chi connectivity index (χ3v) is 3.64. The first-order chi connectivity index (χ1) is 8.00. The van der Waals surface area contributed by atoms with Crippen LogP contribution in [0.15, 0.2) is 0 Å². The van der Waals surface area contributed by atoms with Gasteiger partial charge in [0.05, 0.1) is 5.41 Å². The summed E-state index contributed by atoms with van der Waals surface area (Å²) in [4.78, 5) is 23.1. The minimum absolute atomic E-state index is 0.116. The fraction of sp³-hybridized carbons (Fsp3) is 0.846. The Morgan fingerprint density at radius 3 is 2.41 bits per heavy atom. The minimum Gasteiger partial charge on any atom is -0.481 e. The van der Waals surface area contributed by atoms with Crippen LogP contribution < -0.4 is 5.32 Å². The third-order valence-electron chi connectivity index (χ3n) is 3.64. The molecule has 0 aliphatic heterocycles. The van der Waals surface area contributed by atoms with Gasteiger partial charge in [-0.05, 0) is 26.2 Å². The van der Waals surface area contributed by atoms with Crippen molar-refractivity contribution in [1.82, 2.24) is 5.32 Å². The number of nitrogens with one attached hydrogen (secondary N) is 1. The molecule has 1 aliphatic carbocycles. The minimum atomic E-state index is -0.812. The standard InChI is InChI=1S/C13H23NO3/c1-3-6-10(2)14-11(15)9-13(12(16)17)7-4-5-8-13/h10H,3-9H2,1-2H3,(H,14,15)(H,16,17). The van der Waals surface area contributed by atoms with E-state index >= 15 is 0 Å². The molecule has 1 unspecified atom stereocenters. The van der Waals surface area contributed by atoms with E-state index in [2.05, 4.69) is 12.2 Å². The molecule has 1 fully saturated rings. The van der Waals surface area contributed by atoms with Crippen molar-refractivity contribution in [2.45, 2.75) is 64.8 Å². The number of carboxylic acid groups (broad SMARTS) is 1. The zero-order chi connectivity index (χ0) is 12.9. The maximum Gasteiger partial charge on any atom is 0.310 e. The van der Waals surface area contributed by atoms with Crippen molar-refractivity contribution in [2.75, 3.05) is 0 Å². The molecule has 1 rings (SSSR count). The monoisotopic (exact) mass is 241 g/mol. The molecular weight excluding hydrogens is 218 g/mol. The molecule has 0 radical (unpaired) electrons. The predicted octanol–water partition coefficient (Wildman–Crippen LogP) is 2.33. The van der Waals surface area contributed by atoms with E-state index in [-0.39, 0.29) is 18.4 Å². The lowest BCUT2D eigenvalue weighted by Crippen LogP contribution is -2.39. The highest BCUT2D eigenvalue weighted by Gasteiger charge is 2.42. The van der Waals surface area contributed by atoms with Gasteiger partial charge in [-0.2, -0.15) is 0 Å². The summed E-state index contributed by atoms with van der Waals surface area (Å²) in [6.45, 7) is 4.03. The van der Waals surface area contributed by atoms with Gasteiger partial charge in [-0.15, -0.1) is 0 Å². The Labute approximate surface area is 103 Å². The summed E-state index contributed by atoms with van der Waals surface area (Å²) in [6.07, 6.45) is 5.21. The van der Waals surface area contributed by atoms with Gasteiger partial charge >= 0.3 is 5.97 Å². The van der Waals surface area contributed by atoms with Crippen LogP contribution in [0.25, 0.3) is 0 Å². The van der Waals surface area contributed by atoms with Crippen LogP contribution in [0.2, 0.25) is 0 Å². The lowest BCUT2D eigenvalue weighted by atomic mass is 9.82. The van der Waals surface area contributed by atoms with Crippen LogP contribution in [0.1, 0.15) is 58.8 Å². The third kappa shape index (κ3) is 3.72. The average molecular weight is 241 g/mol. The second kappa shape index (κ2) is 6.03. The van der Waals surface area contributed by atoms with Crippen molar-refractivity contribution < 1.29 is 14.7 Å². The van der Waals surface area contributed by atoms with Crippen LogP contribution >= 0.6 is 0 Å². The molecule has 0 aromatic heterocycles. The number of carbonyl (C=O) groups excluding carboxylic acids is 1. The normalized spacial score (nSPS) is 19.9. The lowest BCUT2D eigenvalue weighted by Gasteiger charge is -2.24. The highest BCUT2D eigenvalue weighted by Crippen LogP contribution is 2.41. The van der Waals surface area contributed by atoms with Gasteiger partial charge in [0.15, 0.2) is 0 Å². The van der Waals surface area contributed by atoms with Gasteiger partial charge in [0.25, 0.3) is 0 Å². The molecule has 1 atom stereocenters. The van der Waals surface area contributed by atoms with Gasteiger partial charge in [-0.1, -0.05) is 26.2 Å². The number of aliphatic carboxylic acids is 1. The summed E-state index contributed by atoms with van der Waals surface area (Å²) in [7, 11) is 0. The molecule has 0 saturated heterocycles. The van der Waals surface area contributed by atoms with Crippen LogP contribution in [0.3, 0.4) is 0 Å². The maximum absolute atomic E-state index is 11.8. The van der Waals surface area contributed by atoms with E-state index in [9.17, 15) is 14.7 Å². The molecule has 0 aromatic carbocycles. The molecular formula is C13H23NO3. The van der Waals surface area contributed by atoms with E-state index in [1.54, 1.807) is 0 Å². The highest BCUT2D eigenvalue weighted by atomic mass is 16.4. The first kappa shape index (κ1) is 14.0. The van der Waals surface area contributed by atoms with Crippen molar-refractivity contribution in [3.05, 3.63) is 0 Å². The molecule has 17 heavy (non-hydrogen) atoms. The molecule has 0 bridgehead atoms. The molecule has 98 valence electrons. The zero-order valence-corrected chi connectivity index (χ0v) is 10.8. The van der Waals surface area contributed by atoms with E-state index in [0.717, 1.165) is 25.7 Å². The predicted molar refractivity (Wildman–Crippen MR) is 65.7 cm³/mol. The number of amides is 1. The summed E-state index contributed by atoms with van der Waals surface area (Å²) in [5.74, 6) is -0.927. The molecule has 4 nitrogen and oxygen atoms in total. The first-order valence-corrected chi connectivity index (χ1v) is 6.53. The smallest absolute Gasteiger partial charge is 0.310 e. The Morgan fingerprint density at radius 2 is 1.94 bits per heavy atom. The summed E-state index contributed by atoms with van der Waals surface area (Å²) in [6, 6.07) is 0.139. The number of carbonyl (C=O) groups is 2. The molecule has 2 N–H and O–H groups in total. The Kier molecular flexibility index (Phi) is 4.97. The maximum atomic E-state index is 11.8. The van der Waals surface area contributed by atoms with E-state index in [0.29, 0.717) is 12.8 Å². The van der Waals surface area contributed by atoms with Gasteiger partial charge in [0, 0.05) is 12.5 Å². The highest BCUT2D eigenvalue weighted by molar-refractivity contribution is 5.85. The summed E-state index contributed by atoms with van der Waals surface area (Å²) >= 11 is 0. The van der Waals surface area contributed by atoms with Gasteiger partial charge in [-0.3, -0.25) is 9.59 Å². The molecule has 1 amide bonds. The van der Waals surface area contributed by atoms with E-state index in [1.807, 2.05) is 6.92 Å². The second-order valence-corrected chi connectivity index (χ2v) is 5.23. The number of carboxylic acids is 1. The van der Waals surface area contributed by atoms with Crippen LogP contribution in [0, 0.1) is 5.41 Å². The number of rotatable bonds is 6. The van der Waals surface area contributed by atoms with Gasteiger partial charge in [0.1, 0.15) is 0 Å². The quantitative estimate of drug-likeness (QED) is 0.750. The molecule has 1 aliphatic rings. The fourth-order valence-electron chi connectivity index (χ4n) is 2.66. The summed E-state index contributed by atoms with van der Waals surface area (Å²) < 4.78 is 0. The lowest BCUT2D eigenvalue weighted by molar-refractivity contribution is -0.151. The Bertz CT molecular complexity index is 282. The van der Waals surface area contributed by atoms with Crippen molar-refractivity contribution >= 4 is 11.9 Å². The van der Waals surface area contributed by atoms with E-state index in [1.165, 1.54) is 0 Å². The molecule has 1 saturated carbocycles. The van der Waals surface area contributed by atoms with Gasteiger partial charge in [0.2, 0.25) is 5.91 Å². The van der Waals surface area contributed by atoms with Crippen molar-refractivity contribution in [3.8, 4) is 0 Å². The largest absolute Gasteiger partial charge is 0.481 e. The van der Waals surface area contributed by atoms with Crippen molar-refractivity contribution in [1.29, 1.82) is 0 Å². The molecule has 0 spiro atoms. The van der Waals surface area contributed by atoms with Crippen LogP contribution in [0.5, 0.6) is 0 Å². The molecule has 0 heterocycles. The molecule has 4 heteroatoms. The van der Waals surface area contributed by atoms with Crippen LogP contribution in [-0.4, -0.2) is 23.0 Å². The second-order valence-electron chi connectivity index (χ2n) is 5.23. The van der Waals surface area contributed by atoms with Crippen molar-refractivity contribution in [2.24, 2.45) is 5.41 Å². The number of hydrogen-bond acceptors (Lipinski definition) is 2. The number of hydrogen-bond donors (Lipinski definition) is 2. The summed E-state index contributed by atoms with van der Waals surface area (Å²) in [5, 5.41) is 12.2. The van der Waals surface area contributed by atoms with Crippen molar-refractivity contribution in [3.63, 3.8) is 0 Å².